The number of anilines is 2. The molecular formula is C16H19N3S. The van der Waals surface area contributed by atoms with Crippen molar-refractivity contribution < 1.29 is 0 Å². The van der Waals surface area contributed by atoms with Crippen LogP contribution in [0.25, 0.3) is 11.1 Å². The van der Waals surface area contributed by atoms with E-state index in [1.54, 1.807) is 0 Å². The van der Waals surface area contributed by atoms with E-state index >= 15 is 0 Å². The number of hydrogen-bond donors (Lipinski definition) is 2. The lowest BCUT2D eigenvalue weighted by atomic mass is 9.95. The fourth-order valence-electron chi connectivity index (χ4n) is 3.87. The van der Waals surface area contributed by atoms with Crippen molar-refractivity contribution in [3.05, 3.63) is 30.3 Å². The quantitative estimate of drug-likeness (QED) is 0.896. The Morgan fingerprint density at radius 2 is 2.00 bits per heavy atom. The molecule has 2 fully saturated rings. The van der Waals surface area contributed by atoms with E-state index in [-0.39, 0.29) is 0 Å². The van der Waals surface area contributed by atoms with Crippen LogP contribution in [0.2, 0.25) is 0 Å². The summed E-state index contributed by atoms with van der Waals surface area (Å²) in [5.74, 6) is 2.45. The minimum atomic E-state index is 0.621. The second-order valence-electron chi connectivity index (χ2n) is 6.06. The Hall–Kier alpha value is -1.55. The maximum Gasteiger partial charge on any atom is 0.147 e. The number of nitrogens with zero attached hydrogens (tertiary/aromatic N) is 1. The van der Waals surface area contributed by atoms with Gasteiger partial charge in [-0.2, -0.15) is 4.37 Å². The number of nitrogen functional groups attached to an aromatic ring is 1. The zero-order valence-electron chi connectivity index (χ0n) is 11.4. The van der Waals surface area contributed by atoms with Crippen LogP contribution in [-0.4, -0.2) is 10.4 Å². The first-order chi connectivity index (χ1) is 9.81. The molecule has 4 rings (SSSR count). The van der Waals surface area contributed by atoms with Crippen molar-refractivity contribution in [2.24, 2.45) is 11.8 Å². The summed E-state index contributed by atoms with van der Waals surface area (Å²) < 4.78 is 4.35. The molecule has 2 aliphatic rings. The normalized spacial score (nSPS) is 27.9. The second kappa shape index (κ2) is 4.77. The van der Waals surface area contributed by atoms with Crippen molar-refractivity contribution in [3.8, 4) is 11.1 Å². The molecule has 2 bridgehead atoms. The largest absolute Gasteiger partial charge is 0.382 e. The number of rotatable bonds is 3. The molecule has 0 saturated heterocycles. The van der Waals surface area contributed by atoms with E-state index in [0.29, 0.717) is 11.9 Å². The number of hydrogen-bond acceptors (Lipinski definition) is 4. The smallest absolute Gasteiger partial charge is 0.147 e. The van der Waals surface area contributed by atoms with Crippen molar-refractivity contribution in [2.45, 2.75) is 31.7 Å². The first-order valence-corrected chi connectivity index (χ1v) is 8.15. The summed E-state index contributed by atoms with van der Waals surface area (Å²) in [5, 5.41) is 4.88. The first-order valence-electron chi connectivity index (χ1n) is 7.38. The van der Waals surface area contributed by atoms with E-state index in [1.165, 1.54) is 37.2 Å². The van der Waals surface area contributed by atoms with Gasteiger partial charge in [0.1, 0.15) is 10.8 Å². The van der Waals surface area contributed by atoms with Crippen molar-refractivity contribution in [2.75, 3.05) is 11.1 Å². The predicted octanol–water partition coefficient (Wildman–Crippen LogP) is 3.99. The predicted molar refractivity (Wildman–Crippen MR) is 84.8 cm³/mol. The summed E-state index contributed by atoms with van der Waals surface area (Å²) in [6.45, 7) is 0. The molecule has 2 aliphatic carbocycles. The minimum absolute atomic E-state index is 0.621. The molecule has 1 aromatic heterocycles. The molecule has 0 aliphatic heterocycles. The van der Waals surface area contributed by atoms with Gasteiger partial charge < -0.3 is 11.1 Å². The van der Waals surface area contributed by atoms with E-state index in [4.69, 9.17) is 5.73 Å². The van der Waals surface area contributed by atoms with E-state index in [9.17, 15) is 0 Å². The Balaban J connectivity index is 1.63. The van der Waals surface area contributed by atoms with Gasteiger partial charge in [0.2, 0.25) is 0 Å². The summed E-state index contributed by atoms with van der Waals surface area (Å²) in [7, 11) is 0. The van der Waals surface area contributed by atoms with E-state index in [2.05, 4.69) is 21.8 Å². The third-order valence-electron chi connectivity index (χ3n) is 4.84. The molecular weight excluding hydrogens is 266 g/mol. The van der Waals surface area contributed by atoms with Gasteiger partial charge in [0.05, 0.1) is 5.56 Å². The third kappa shape index (κ3) is 1.99. The summed E-state index contributed by atoms with van der Waals surface area (Å²) in [6, 6.07) is 11.0. The average molecular weight is 285 g/mol. The van der Waals surface area contributed by atoms with Gasteiger partial charge >= 0.3 is 0 Å². The lowest BCUT2D eigenvalue weighted by molar-refractivity contribution is 0.440. The molecule has 2 aromatic rings. The highest BCUT2D eigenvalue weighted by atomic mass is 32.1. The number of aromatic nitrogens is 1. The van der Waals surface area contributed by atoms with Crippen LogP contribution in [0.5, 0.6) is 0 Å². The monoisotopic (exact) mass is 285 g/mol. The molecule has 1 heterocycles. The second-order valence-corrected chi connectivity index (χ2v) is 6.84. The maximum absolute atomic E-state index is 6.08. The molecule has 0 radical (unpaired) electrons. The topological polar surface area (TPSA) is 50.9 Å². The van der Waals surface area contributed by atoms with Crippen LogP contribution >= 0.6 is 11.5 Å². The zero-order valence-corrected chi connectivity index (χ0v) is 12.2. The van der Waals surface area contributed by atoms with Crippen LogP contribution in [0.1, 0.15) is 25.7 Å². The summed E-state index contributed by atoms with van der Waals surface area (Å²) in [4.78, 5) is 0. The van der Waals surface area contributed by atoms with Gasteiger partial charge in [-0.05, 0) is 48.2 Å². The summed E-state index contributed by atoms with van der Waals surface area (Å²) in [6.07, 6.45) is 5.54. The van der Waals surface area contributed by atoms with Gasteiger partial charge in [0.25, 0.3) is 0 Å². The van der Waals surface area contributed by atoms with Gasteiger partial charge in [-0.3, -0.25) is 0 Å². The Bertz CT molecular complexity index is 607. The van der Waals surface area contributed by atoms with E-state index in [1.807, 2.05) is 18.2 Å². The lowest BCUT2D eigenvalue weighted by Crippen LogP contribution is -2.25. The molecule has 0 amide bonds. The molecule has 3 atom stereocenters. The van der Waals surface area contributed by atoms with Crippen LogP contribution in [0, 0.1) is 11.8 Å². The standard InChI is InChI=1S/C16H19N3S/c17-15-14(11-4-2-1-3-5-11)16(20-19-15)18-13-9-10-6-7-12(13)8-10/h1-5,10,12-13,18H,6-9H2,(H2,17,19). The molecule has 104 valence electrons. The maximum atomic E-state index is 6.08. The molecule has 3 unspecified atom stereocenters. The van der Waals surface area contributed by atoms with Crippen molar-refractivity contribution >= 4 is 22.4 Å². The van der Waals surface area contributed by atoms with Gasteiger partial charge in [-0.25, -0.2) is 0 Å². The molecule has 0 spiro atoms. The van der Waals surface area contributed by atoms with Crippen LogP contribution < -0.4 is 11.1 Å². The van der Waals surface area contributed by atoms with Gasteiger partial charge in [0, 0.05) is 6.04 Å². The molecule has 2 saturated carbocycles. The van der Waals surface area contributed by atoms with Crippen LogP contribution in [0.15, 0.2) is 30.3 Å². The lowest BCUT2D eigenvalue weighted by Gasteiger charge is -2.23. The van der Waals surface area contributed by atoms with Gasteiger partial charge in [0.15, 0.2) is 0 Å². The Kier molecular flexibility index (Phi) is 2.91. The SMILES string of the molecule is Nc1nsc(NC2CC3CCC2C3)c1-c1ccccc1. The summed E-state index contributed by atoms with van der Waals surface area (Å²) in [5.41, 5.74) is 8.32. The van der Waals surface area contributed by atoms with Crippen molar-refractivity contribution in [1.82, 2.24) is 4.37 Å². The minimum Gasteiger partial charge on any atom is -0.382 e. The van der Waals surface area contributed by atoms with Gasteiger partial charge in [-0.1, -0.05) is 36.8 Å². The molecule has 3 nitrogen and oxygen atoms in total. The highest BCUT2D eigenvalue weighted by molar-refractivity contribution is 7.11. The molecule has 4 heteroatoms. The highest BCUT2D eigenvalue weighted by Gasteiger charge is 2.39. The summed E-state index contributed by atoms with van der Waals surface area (Å²) >= 11 is 1.50. The van der Waals surface area contributed by atoms with Crippen LogP contribution in [-0.2, 0) is 0 Å². The molecule has 20 heavy (non-hydrogen) atoms. The fraction of sp³-hybridized carbons (Fsp3) is 0.438. The average Bonchev–Trinajstić information content (AvgIpc) is 3.16. The van der Waals surface area contributed by atoms with E-state index in [0.717, 1.165) is 28.0 Å². The number of nitrogens with two attached hydrogens (primary N) is 1. The highest BCUT2D eigenvalue weighted by Crippen LogP contribution is 2.47. The number of benzene rings is 1. The van der Waals surface area contributed by atoms with Gasteiger partial charge in [-0.15, -0.1) is 0 Å². The number of nitrogens with one attached hydrogen (secondary N) is 1. The first kappa shape index (κ1) is 12.2. The Labute approximate surface area is 123 Å². The molecule has 1 aromatic carbocycles. The Morgan fingerprint density at radius 1 is 1.15 bits per heavy atom. The zero-order chi connectivity index (χ0) is 13.5. The van der Waals surface area contributed by atoms with Crippen molar-refractivity contribution in [1.29, 1.82) is 0 Å². The Morgan fingerprint density at radius 3 is 2.70 bits per heavy atom. The third-order valence-corrected chi connectivity index (χ3v) is 5.63. The number of fused-ring (bicyclic) bond motifs is 2. The molecule has 3 N–H and O–H groups in total. The van der Waals surface area contributed by atoms with E-state index < -0.39 is 0 Å². The van der Waals surface area contributed by atoms with Crippen LogP contribution in [0.3, 0.4) is 0 Å². The van der Waals surface area contributed by atoms with Crippen molar-refractivity contribution in [3.63, 3.8) is 0 Å². The van der Waals surface area contributed by atoms with Crippen LogP contribution in [0.4, 0.5) is 10.8 Å². The fourth-order valence-corrected chi connectivity index (χ4v) is 4.67.